The second-order valence-corrected chi connectivity index (χ2v) is 6.21. The Morgan fingerprint density at radius 1 is 1.47 bits per heavy atom. The van der Waals surface area contributed by atoms with E-state index in [0.29, 0.717) is 0 Å². The van der Waals surface area contributed by atoms with Crippen molar-refractivity contribution in [2.45, 2.75) is 4.90 Å². The van der Waals surface area contributed by atoms with Gasteiger partial charge in [0.1, 0.15) is 4.90 Å². The summed E-state index contributed by atoms with van der Waals surface area (Å²) in [5.74, 6) is -1.45. The molecule has 0 fully saturated rings. The highest BCUT2D eigenvalue weighted by molar-refractivity contribution is 14.1. The SMILES string of the molecule is O=[N+]([O-])c1cc(I)cc(S(=O)(=O)Cl)c1F. The summed E-state index contributed by atoms with van der Waals surface area (Å²) in [5, 5.41) is 10.4. The summed E-state index contributed by atoms with van der Waals surface area (Å²) in [4.78, 5) is 8.48. The Kier molecular flexibility index (Phi) is 3.51. The Bertz CT molecular complexity index is 532. The molecule has 5 nitrogen and oxygen atoms in total. The molecule has 0 N–H and O–H groups in total. The highest BCUT2D eigenvalue weighted by Crippen LogP contribution is 2.28. The van der Waals surface area contributed by atoms with E-state index in [9.17, 15) is 22.9 Å². The van der Waals surface area contributed by atoms with Crippen molar-refractivity contribution in [3.05, 3.63) is 31.6 Å². The van der Waals surface area contributed by atoms with Crippen molar-refractivity contribution in [3.63, 3.8) is 0 Å². The topological polar surface area (TPSA) is 77.3 Å². The standard InChI is InChI=1S/C6H2ClFINO4S/c7-15(13,14)5-2-3(9)1-4(6(5)8)10(11)12/h1-2H. The van der Waals surface area contributed by atoms with Crippen LogP contribution < -0.4 is 0 Å². The van der Waals surface area contributed by atoms with Gasteiger partial charge in [-0.1, -0.05) is 0 Å². The molecule has 0 unspecified atom stereocenters. The molecule has 1 aromatic rings. The number of nitro groups is 1. The number of halogens is 3. The molecule has 0 saturated heterocycles. The second kappa shape index (κ2) is 4.18. The summed E-state index contributed by atoms with van der Waals surface area (Å²) in [6, 6.07) is 1.84. The molecule has 82 valence electrons. The van der Waals surface area contributed by atoms with E-state index in [-0.39, 0.29) is 3.57 Å². The molecular formula is C6H2ClFINO4S. The van der Waals surface area contributed by atoms with Gasteiger partial charge in [-0.3, -0.25) is 10.1 Å². The highest BCUT2D eigenvalue weighted by atomic mass is 127. The van der Waals surface area contributed by atoms with Crippen molar-refractivity contribution >= 4 is 48.0 Å². The number of benzene rings is 1. The normalized spacial score (nSPS) is 11.4. The van der Waals surface area contributed by atoms with Crippen LogP contribution in [-0.4, -0.2) is 13.3 Å². The van der Waals surface area contributed by atoms with Gasteiger partial charge < -0.3 is 0 Å². The first-order chi connectivity index (χ1) is 6.73. The minimum absolute atomic E-state index is 0.208. The van der Waals surface area contributed by atoms with E-state index in [1.165, 1.54) is 0 Å². The first-order valence-electron chi connectivity index (χ1n) is 3.31. The number of rotatable bonds is 2. The van der Waals surface area contributed by atoms with Gasteiger partial charge in [0, 0.05) is 20.3 Å². The molecule has 0 bridgehead atoms. The lowest BCUT2D eigenvalue weighted by Gasteiger charge is -2.00. The minimum atomic E-state index is -4.32. The van der Waals surface area contributed by atoms with Gasteiger partial charge in [-0.25, -0.2) is 8.42 Å². The lowest BCUT2D eigenvalue weighted by molar-refractivity contribution is -0.387. The largest absolute Gasteiger partial charge is 0.307 e. The quantitative estimate of drug-likeness (QED) is 0.349. The summed E-state index contributed by atoms with van der Waals surface area (Å²) in [7, 11) is 0.595. The predicted molar refractivity (Wildman–Crippen MR) is 58.8 cm³/mol. The van der Waals surface area contributed by atoms with Crippen molar-refractivity contribution in [2.75, 3.05) is 0 Å². The van der Waals surface area contributed by atoms with Crippen molar-refractivity contribution < 1.29 is 17.7 Å². The summed E-state index contributed by atoms with van der Waals surface area (Å²) in [6.07, 6.45) is 0. The van der Waals surface area contributed by atoms with Crippen LogP contribution in [0, 0.1) is 19.5 Å². The summed E-state index contributed by atoms with van der Waals surface area (Å²) < 4.78 is 35.3. The van der Waals surface area contributed by atoms with E-state index in [1.807, 2.05) is 0 Å². The number of hydrogen-bond acceptors (Lipinski definition) is 4. The Balaban J connectivity index is 3.63. The first-order valence-corrected chi connectivity index (χ1v) is 6.70. The summed E-state index contributed by atoms with van der Waals surface area (Å²) in [5.41, 5.74) is -0.916. The Hall–Kier alpha value is -0.480. The van der Waals surface area contributed by atoms with Crippen LogP contribution in [0.3, 0.4) is 0 Å². The Labute approximate surface area is 102 Å². The maximum Gasteiger partial charge on any atom is 0.307 e. The average molecular weight is 366 g/mol. The third-order valence-corrected chi connectivity index (χ3v) is 3.39. The first kappa shape index (κ1) is 12.6. The van der Waals surface area contributed by atoms with Gasteiger partial charge in [-0.2, -0.15) is 4.39 Å². The van der Waals surface area contributed by atoms with Gasteiger partial charge >= 0.3 is 5.69 Å². The molecule has 1 rings (SSSR count). The van der Waals surface area contributed by atoms with Crippen LogP contribution in [0.2, 0.25) is 0 Å². The van der Waals surface area contributed by atoms with Crippen LogP contribution >= 0.6 is 33.3 Å². The van der Waals surface area contributed by atoms with E-state index in [2.05, 4.69) is 0 Å². The fourth-order valence-electron chi connectivity index (χ4n) is 0.861. The summed E-state index contributed by atoms with van der Waals surface area (Å²) in [6.45, 7) is 0. The zero-order valence-electron chi connectivity index (χ0n) is 6.78. The molecular weight excluding hydrogens is 363 g/mol. The van der Waals surface area contributed by atoms with Gasteiger partial charge in [0.15, 0.2) is 0 Å². The predicted octanol–water partition coefficient (Wildman–Crippen LogP) is 2.27. The van der Waals surface area contributed by atoms with E-state index in [1.54, 1.807) is 22.6 Å². The van der Waals surface area contributed by atoms with E-state index in [0.717, 1.165) is 12.1 Å². The smallest absolute Gasteiger partial charge is 0.258 e. The van der Waals surface area contributed by atoms with Gasteiger partial charge in [0.25, 0.3) is 9.05 Å². The molecule has 9 heteroatoms. The maximum absolute atomic E-state index is 13.3. The Morgan fingerprint density at radius 2 is 2.00 bits per heavy atom. The maximum atomic E-state index is 13.3. The molecule has 0 heterocycles. The van der Waals surface area contributed by atoms with Crippen LogP contribution in [0.5, 0.6) is 0 Å². The molecule has 1 aromatic carbocycles. The summed E-state index contributed by atoms with van der Waals surface area (Å²) >= 11 is 1.63. The average Bonchev–Trinajstić information content (AvgIpc) is 2.06. The molecule has 0 aromatic heterocycles. The minimum Gasteiger partial charge on any atom is -0.258 e. The van der Waals surface area contributed by atoms with Gasteiger partial charge in [-0.15, -0.1) is 0 Å². The second-order valence-electron chi connectivity index (χ2n) is 2.43. The molecule has 0 radical (unpaired) electrons. The third kappa shape index (κ3) is 2.75. The monoisotopic (exact) mass is 365 g/mol. The zero-order chi connectivity index (χ0) is 11.8. The fourth-order valence-corrected chi connectivity index (χ4v) is 2.60. The molecule has 15 heavy (non-hydrogen) atoms. The van der Waals surface area contributed by atoms with E-state index >= 15 is 0 Å². The molecule has 0 amide bonds. The van der Waals surface area contributed by atoms with E-state index in [4.69, 9.17) is 10.7 Å². The molecule has 0 aliphatic heterocycles. The fraction of sp³-hybridized carbons (Fsp3) is 0. The van der Waals surface area contributed by atoms with Crippen LogP contribution in [0.15, 0.2) is 17.0 Å². The van der Waals surface area contributed by atoms with Crippen molar-refractivity contribution in [3.8, 4) is 0 Å². The van der Waals surface area contributed by atoms with Crippen LogP contribution in [0.25, 0.3) is 0 Å². The third-order valence-electron chi connectivity index (χ3n) is 1.44. The van der Waals surface area contributed by atoms with Gasteiger partial charge in [0.05, 0.1) is 4.92 Å². The van der Waals surface area contributed by atoms with Crippen LogP contribution in [0.4, 0.5) is 10.1 Å². The lowest BCUT2D eigenvalue weighted by Crippen LogP contribution is -2.01. The zero-order valence-corrected chi connectivity index (χ0v) is 10.5. The van der Waals surface area contributed by atoms with Crippen LogP contribution in [0.1, 0.15) is 0 Å². The molecule has 0 atom stereocenters. The van der Waals surface area contributed by atoms with Crippen molar-refractivity contribution in [1.29, 1.82) is 0 Å². The number of hydrogen-bond donors (Lipinski definition) is 0. The van der Waals surface area contributed by atoms with Crippen molar-refractivity contribution in [2.24, 2.45) is 0 Å². The van der Waals surface area contributed by atoms with Gasteiger partial charge in [-0.05, 0) is 28.7 Å². The highest BCUT2D eigenvalue weighted by Gasteiger charge is 2.26. The molecule has 0 saturated carbocycles. The molecule has 0 spiro atoms. The lowest BCUT2D eigenvalue weighted by atomic mass is 10.3. The van der Waals surface area contributed by atoms with Crippen LogP contribution in [-0.2, 0) is 9.05 Å². The van der Waals surface area contributed by atoms with E-state index < -0.39 is 30.4 Å². The number of nitro benzene ring substituents is 1. The molecule has 0 aliphatic rings. The number of nitrogens with zero attached hydrogens (tertiary/aromatic N) is 1. The molecule has 0 aliphatic carbocycles. The Morgan fingerprint density at radius 3 is 2.40 bits per heavy atom. The van der Waals surface area contributed by atoms with Gasteiger partial charge in [0.2, 0.25) is 5.82 Å². The van der Waals surface area contributed by atoms with Crippen molar-refractivity contribution in [1.82, 2.24) is 0 Å².